The van der Waals surface area contributed by atoms with Crippen LogP contribution < -0.4 is 0 Å². The molecule has 4 nitrogen and oxygen atoms in total. The van der Waals surface area contributed by atoms with Crippen LogP contribution in [-0.4, -0.2) is 23.1 Å². The SMILES string of the molecule is CC(C)=O.CCC(=O)C(C)=O.CCC(=O)CC. The topological polar surface area (TPSA) is 68.3 Å². The summed E-state index contributed by atoms with van der Waals surface area (Å²) in [5.74, 6) is -0.127. The van der Waals surface area contributed by atoms with E-state index in [0.717, 1.165) is 0 Å². The average Bonchev–Trinajstić information content (AvgIpc) is 2.26. The monoisotopic (exact) mass is 244 g/mol. The summed E-state index contributed by atoms with van der Waals surface area (Å²) < 4.78 is 0. The maximum absolute atomic E-state index is 10.2. The molecule has 0 saturated carbocycles. The van der Waals surface area contributed by atoms with Gasteiger partial charge < -0.3 is 4.79 Å². The van der Waals surface area contributed by atoms with Crippen LogP contribution in [0.2, 0.25) is 0 Å². The summed E-state index contributed by atoms with van der Waals surface area (Å²) in [5.41, 5.74) is 0. The molecule has 0 aromatic heterocycles. The Hall–Kier alpha value is -1.32. The Morgan fingerprint density at radius 1 is 0.706 bits per heavy atom. The van der Waals surface area contributed by atoms with Crippen LogP contribution >= 0.6 is 0 Å². The zero-order chi connectivity index (χ0) is 14.4. The second kappa shape index (κ2) is 14.7. The molecule has 0 rings (SSSR count). The van der Waals surface area contributed by atoms with Crippen molar-refractivity contribution in [3.05, 3.63) is 0 Å². The van der Waals surface area contributed by atoms with Crippen LogP contribution in [0.5, 0.6) is 0 Å². The highest BCUT2D eigenvalue weighted by molar-refractivity contribution is 6.36. The van der Waals surface area contributed by atoms with Gasteiger partial charge in [-0.25, -0.2) is 0 Å². The Morgan fingerprint density at radius 2 is 1.00 bits per heavy atom. The van der Waals surface area contributed by atoms with Crippen LogP contribution in [-0.2, 0) is 19.2 Å². The number of hydrogen-bond acceptors (Lipinski definition) is 4. The molecular weight excluding hydrogens is 220 g/mol. The van der Waals surface area contributed by atoms with Crippen LogP contribution in [0.25, 0.3) is 0 Å². The highest BCUT2D eigenvalue weighted by Crippen LogP contribution is 1.83. The number of hydrogen-bond donors (Lipinski definition) is 0. The van der Waals surface area contributed by atoms with Gasteiger partial charge in [0, 0.05) is 26.2 Å². The molecule has 4 heteroatoms. The van der Waals surface area contributed by atoms with Crippen molar-refractivity contribution in [2.75, 3.05) is 0 Å². The lowest BCUT2D eigenvalue weighted by Gasteiger charge is -1.81. The molecule has 0 aliphatic rings. The number of rotatable bonds is 4. The molecule has 0 amide bonds. The predicted molar refractivity (Wildman–Crippen MR) is 67.9 cm³/mol. The number of carbonyl (C=O) groups is 4. The molecule has 100 valence electrons. The van der Waals surface area contributed by atoms with E-state index in [4.69, 9.17) is 0 Å². The molecule has 0 aliphatic heterocycles. The zero-order valence-electron chi connectivity index (χ0n) is 11.8. The van der Waals surface area contributed by atoms with Gasteiger partial charge >= 0.3 is 0 Å². The molecule has 0 saturated heterocycles. The fraction of sp³-hybridized carbons (Fsp3) is 0.692. The second-order valence-corrected chi connectivity index (χ2v) is 3.49. The third-order valence-corrected chi connectivity index (χ3v) is 1.50. The minimum atomic E-state index is -0.345. The van der Waals surface area contributed by atoms with Crippen molar-refractivity contribution in [1.29, 1.82) is 0 Å². The second-order valence-electron chi connectivity index (χ2n) is 3.49. The van der Waals surface area contributed by atoms with Gasteiger partial charge in [-0.1, -0.05) is 20.8 Å². The van der Waals surface area contributed by atoms with Crippen molar-refractivity contribution < 1.29 is 19.2 Å². The van der Waals surface area contributed by atoms with Gasteiger partial charge in [-0.15, -0.1) is 0 Å². The predicted octanol–water partition coefficient (Wildman–Crippen LogP) is 2.53. The molecule has 0 unspecified atom stereocenters. The minimum Gasteiger partial charge on any atom is -0.300 e. The molecular formula is C13H24O4. The first-order valence-electron chi connectivity index (χ1n) is 5.75. The lowest BCUT2D eigenvalue weighted by atomic mass is 10.2. The van der Waals surface area contributed by atoms with Crippen molar-refractivity contribution >= 4 is 23.1 Å². The maximum Gasteiger partial charge on any atom is 0.197 e. The van der Waals surface area contributed by atoms with E-state index in [0.29, 0.717) is 25.0 Å². The molecule has 17 heavy (non-hydrogen) atoms. The smallest absolute Gasteiger partial charge is 0.197 e. The first-order chi connectivity index (χ1) is 7.72. The van der Waals surface area contributed by atoms with Crippen molar-refractivity contribution in [3.8, 4) is 0 Å². The average molecular weight is 244 g/mol. The number of Topliss-reactive ketones (excluding diaryl/α,β-unsaturated/α-hetero) is 4. The summed E-state index contributed by atoms with van der Waals surface area (Å²) in [5, 5.41) is 0. The lowest BCUT2D eigenvalue weighted by Crippen LogP contribution is -2.06. The van der Waals surface area contributed by atoms with Gasteiger partial charge in [-0.2, -0.15) is 0 Å². The van der Waals surface area contributed by atoms with E-state index >= 15 is 0 Å². The Labute approximate surface area is 104 Å². The molecule has 0 aromatic carbocycles. The Kier molecular flexibility index (Phi) is 18.1. The normalized spacial score (nSPS) is 7.88. The molecule has 0 radical (unpaired) electrons. The summed E-state index contributed by atoms with van der Waals surface area (Å²) in [6.45, 7) is 9.77. The molecule has 0 fully saturated rings. The van der Waals surface area contributed by atoms with Crippen LogP contribution in [0.4, 0.5) is 0 Å². The lowest BCUT2D eigenvalue weighted by molar-refractivity contribution is -0.135. The first kappa shape index (κ1) is 21.0. The van der Waals surface area contributed by atoms with Gasteiger partial charge in [0.05, 0.1) is 0 Å². The summed E-state index contributed by atoms with van der Waals surface area (Å²) in [6.07, 6.45) is 1.71. The molecule has 0 heterocycles. The maximum atomic E-state index is 10.2. The highest BCUT2D eigenvalue weighted by atomic mass is 16.2. The summed E-state index contributed by atoms with van der Waals surface area (Å²) in [4.78, 5) is 39.8. The molecule has 0 aliphatic carbocycles. The number of ketones is 4. The quantitative estimate of drug-likeness (QED) is 0.712. The van der Waals surface area contributed by atoms with Gasteiger partial charge in [0.15, 0.2) is 11.6 Å². The van der Waals surface area contributed by atoms with Gasteiger partial charge in [0.2, 0.25) is 0 Å². The summed E-state index contributed by atoms with van der Waals surface area (Å²) >= 11 is 0. The molecule has 0 bridgehead atoms. The Bertz CT molecular complexity index is 244. The van der Waals surface area contributed by atoms with E-state index in [1.54, 1.807) is 6.92 Å². The fourth-order valence-electron chi connectivity index (χ4n) is 0.499. The highest BCUT2D eigenvalue weighted by Gasteiger charge is 2.00. The largest absolute Gasteiger partial charge is 0.300 e. The van der Waals surface area contributed by atoms with Crippen LogP contribution in [0, 0.1) is 0 Å². The van der Waals surface area contributed by atoms with E-state index < -0.39 is 0 Å². The zero-order valence-corrected chi connectivity index (χ0v) is 11.8. The van der Waals surface area contributed by atoms with E-state index in [-0.39, 0.29) is 17.3 Å². The van der Waals surface area contributed by atoms with E-state index in [9.17, 15) is 19.2 Å². The molecule has 0 N–H and O–H groups in total. The number of carbonyl (C=O) groups excluding carboxylic acids is 4. The Morgan fingerprint density at radius 3 is 1.00 bits per heavy atom. The van der Waals surface area contributed by atoms with Crippen molar-refractivity contribution in [2.24, 2.45) is 0 Å². The Balaban J connectivity index is -0.000000180. The third-order valence-electron chi connectivity index (χ3n) is 1.50. The van der Waals surface area contributed by atoms with Crippen LogP contribution in [0.1, 0.15) is 60.8 Å². The first-order valence-corrected chi connectivity index (χ1v) is 5.75. The van der Waals surface area contributed by atoms with E-state index in [2.05, 4.69) is 0 Å². The van der Waals surface area contributed by atoms with Crippen LogP contribution in [0.15, 0.2) is 0 Å². The summed E-state index contributed by atoms with van der Waals surface area (Å²) in [7, 11) is 0. The van der Waals surface area contributed by atoms with E-state index in [1.165, 1.54) is 20.8 Å². The summed E-state index contributed by atoms with van der Waals surface area (Å²) in [6, 6.07) is 0. The molecule has 0 atom stereocenters. The van der Waals surface area contributed by atoms with Gasteiger partial charge in [0.1, 0.15) is 11.6 Å². The van der Waals surface area contributed by atoms with Gasteiger partial charge in [-0.3, -0.25) is 14.4 Å². The van der Waals surface area contributed by atoms with Gasteiger partial charge in [-0.05, 0) is 13.8 Å². The minimum absolute atomic E-state index is 0.167. The molecule has 0 aromatic rings. The third kappa shape index (κ3) is 31.3. The molecule has 0 spiro atoms. The van der Waals surface area contributed by atoms with E-state index in [1.807, 2.05) is 13.8 Å². The van der Waals surface area contributed by atoms with Crippen molar-refractivity contribution in [3.63, 3.8) is 0 Å². The van der Waals surface area contributed by atoms with Gasteiger partial charge in [0.25, 0.3) is 0 Å². The van der Waals surface area contributed by atoms with Crippen molar-refractivity contribution in [2.45, 2.75) is 60.8 Å². The standard InChI is InChI=1S/C5H8O2.C5H10O.C3H6O/c1-3-5(7)4(2)6;1-3-5(6)4-2;1-3(2)4/h3H2,1-2H3;3-4H2,1-2H3;1-2H3. The van der Waals surface area contributed by atoms with Crippen molar-refractivity contribution in [1.82, 2.24) is 0 Å². The van der Waals surface area contributed by atoms with Crippen LogP contribution in [0.3, 0.4) is 0 Å². The fourth-order valence-corrected chi connectivity index (χ4v) is 0.499.